The van der Waals surface area contributed by atoms with Gasteiger partial charge in [-0.2, -0.15) is 0 Å². The van der Waals surface area contributed by atoms with Crippen molar-refractivity contribution < 1.29 is 4.74 Å². The van der Waals surface area contributed by atoms with Crippen molar-refractivity contribution in [2.24, 2.45) is 0 Å². The molecule has 0 aliphatic carbocycles. The number of anilines is 1. The van der Waals surface area contributed by atoms with Gasteiger partial charge in [0, 0.05) is 11.7 Å². The SMILES string of the molecule is C=CCCC(C)Nc1ccc(Oc2ccccc2)cc1. The second-order valence-corrected chi connectivity index (χ2v) is 4.85. The van der Waals surface area contributed by atoms with Crippen molar-refractivity contribution >= 4 is 5.69 Å². The zero-order valence-electron chi connectivity index (χ0n) is 11.9. The van der Waals surface area contributed by atoms with Crippen LogP contribution in [0.1, 0.15) is 19.8 Å². The largest absolute Gasteiger partial charge is 0.457 e. The van der Waals surface area contributed by atoms with Crippen LogP contribution in [0.5, 0.6) is 11.5 Å². The van der Waals surface area contributed by atoms with Crippen LogP contribution >= 0.6 is 0 Å². The minimum absolute atomic E-state index is 0.439. The molecule has 0 heterocycles. The van der Waals surface area contributed by atoms with Crippen LogP contribution in [0, 0.1) is 0 Å². The van der Waals surface area contributed by atoms with E-state index in [0.717, 1.165) is 30.0 Å². The highest BCUT2D eigenvalue weighted by Gasteiger charge is 2.01. The van der Waals surface area contributed by atoms with Crippen LogP contribution in [0.25, 0.3) is 0 Å². The van der Waals surface area contributed by atoms with Crippen molar-refractivity contribution in [2.45, 2.75) is 25.8 Å². The van der Waals surface area contributed by atoms with Gasteiger partial charge in [0.05, 0.1) is 0 Å². The van der Waals surface area contributed by atoms with Gasteiger partial charge in [0.1, 0.15) is 11.5 Å². The topological polar surface area (TPSA) is 21.3 Å². The van der Waals surface area contributed by atoms with Gasteiger partial charge in [-0.05, 0) is 56.2 Å². The monoisotopic (exact) mass is 267 g/mol. The summed E-state index contributed by atoms with van der Waals surface area (Å²) in [6.07, 6.45) is 4.07. The molecule has 0 fully saturated rings. The Morgan fingerprint density at radius 3 is 2.35 bits per heavy atom. The fourth-order valence-electron chi connectivity index (χ4n) is 1.97. The molecule has 2 heteroatoms. The van der Waals surface area contributed by atoms with Gasteiger partial charge in [-0.25, -0.2) is 0 Å². The van der Waals surface area contributed by atoms with E-state index < -0.39 is 0 Å². The Balaban J connectivity index is 1.91. The van der Waals surface area contributed by atoms with Crippen LogP contribution in [0.4, 0.5) is 5.69 Å². The minimum Gasteiger partial charge on any atom is -0.457 e. The third-order valence-electron chi connectivity index (χ3n) is 3.05. The highest BCUT2D eigenvalue weighted by atomic mass is 16.5. The van der Waals surface area contributed by atoms with Crippen molar-refractivity contribution in [3.05, 3.63) is 67.3 Å². The first-order valence-corrected chi connectivity index (χ1v) is 6.98. The molecular weight excluding hydrogens is 246 g/mol. The molecule has 0 saturated heterocycles. The first-order valence-electron chi connectivity index (χ1n) is 6.98. The molecule has 0 aliphatic heterocycles. The zero-order valence-corrected chi connectivity index (χ0v) is 11.9. The van der Waals surface area contributed by atoms with Gasteiger partial charge in [-0.3, -0.25) is 0 Å². The van der Waals surface area contributed by atoms with Crippen LogP contribution in [0.3, 0.4) is 0 Å². The van der Waals surface area contributed by atoms with E-state index in [-0.39, 0.29) is 0 Å². The Hall–Kier alpha value is -2.22. The second-order valence-electron chi connectivity index (χ2n) is 4.85. The molecule has 0 amide bonds. The quantitative estimate of drug-likeness (QED) is 0.692. The molecule has 2 aromatic rings. The molecule has 1 N–H and O–H groups in total. The summed E-state index contributed by atoms with van der Waals surface area (Å²) in [7, 11) is 0. The van der Waals surface area contributed by atoms with Crippen molar-refractivity contribution in [3.8, 4) is 11.5 Å². The predicted octanol–water partition coefficient (Wildman–Crippen LogP) is 5.25. The number of hydrogen-bond acceptors (Lipinski definition) is 2. The summed E-state index contributed by atoms with van der Waals surface area (Å²) >= 11 is 0. The highest BCUT2D eigenvalue weighted by molar-refractivity contribution is 5.47. The van der Waals surface area contributed by atoms with Gasteiger partial charge in [0.2, 0.25) is 0 Å². The van der Waals surface area contributed by atoms with Gasteiger partial charge >= 0.3 is 0 Å². The van der Waals surface area contributed by atoms with Gasteiger partial charge < -0.3 is 10.1 Å². The fraction of sp³-hybridized carbons (Fsp3) is 0.222. The summed E-state index contributed by atoms with van der Waals surface area (Å²) < 4.78 is 5.76. The van der Waals surface area contributed by atoms with Crippen molar-refractivity contribution in [1.29, 1.82) is 0 Å². The molecule has 104 valence electrons. The van der Waals surface area contributed by atoms with E-state index >= 15 is 0 Å². The maximum Gasteiger partial charge on any atom is 0.127 e. The average molecular weight is 267 g/mol. The Morgan fingerprint density at radius 2 is 1.70 bits per heavy atom. The summed E-state index contributed by atoms with van der Waals surface area (Å²) in [5, 5.41) is 3.46. The molecule has 1 atom stereocenters. The van der Waals surface area contributed by atoms with Crippen LogP contribution < -0.4 is 10.1 Å². The third kappa shape index (κ3) is 4.47. The molecular formula is C18H21NO. The molecule has 0 spiro atoms. The van der Waals surface area contributed by atoms with Gasteiger partial charge in [0.25, 0.3) is 0 Å². The van der Waals surface area contributed by atoms with E-state index in [2.05, 4.69) is 18.8 Å². The number of benzene rings is 2. The Bertz CT molecular complexity index is 519. The van der Waals surface area contributed by atoms with Crippen LogP contribution in [0.2, 0.25) is 0 Å². The first kappa shape index (κ1) is 14.2. The van der Waals surface area contributed by atoms with Crippen molar-refractivity contribution in [1.82, 2.24) is 0 Å². The van der Waals surface area contributed by atoms with Crippen molar-refractivity contribution in [3.63, 3.8) is 0 Å². The average Bonchev–Trinajstić information content (AvgIpc) is 2.48. The lowest BCUT2D eigenvalue weighted by Gasteiger charge is -2.14. The minimum atomic E-state index is 0.439. The molecule has 0 radical (unpaired) electrons. The number of allylic oxidation sites excluding steroid dienone is 1. The molecule has 2 rings (SSSR count). The Morgan fingerprint density at radius 1 is 1.05 bits per heavy atom. The third-order valence-corrected chi connectivity index (χ3v) is 3.05. The predicted molar refractivity (Wildman–Crippen MR) is 85.5 cm³/mol. The number of nitrogens with one attached hydrogen (secondary N) is 1. The van der Waals surface area contributed by atoms with E-state index in [1.807, 2.05) is 60.7 Å². The normalized spacial score (nSPS) is 11.7. The van der Waals surface area contributed by atoms with E-state index in [0.29, 0.717) is 6.04 Å². The maximum atomic E-state index is 5.76. The molecule has 0 aromatic heterocycles. The van der Waals surface area contributed by atoms with Gasteiger partial charge in [0.15, 0.2) is 0 Å². The number of hydrogen-bond donors (Lipinski definition) is 1. The molecule has 1 unspecified atom stereocenters. The summed E-state index contributed by atoms with van der Waals surface area (Å²) in [5.74, 6) is 1.70. The van der Waals surface area contributed by atoms with E-state index in [1.165, 1.54) is 0 Å². The Labute approximate surface area is 121 Å². The van der Waals surface area contributed by atoms with Crippen LogP contribution in [-0.4, -0.2) is 6.04 Å². The summed E-state index contributed by atoms with van der Waals surface area (Å²) in [6.45, 7) is 5.93. The number of para-hydroxylation sites is 1. The van der Waals surface area contributed by atoms with E-state index in [1.54, 1.807) is 0 Å². The lowest BCUT2D eigenvalue weighted by molar-refractivity contribution is 0.483. The summed E-state index contributed by atoms with van der Waals surface area (Å²) in [5.41, 5.74) is 1.11. The molecule has 0 saturated carbocycles. The molecule has 2 nitrogen and oxygen atoms in total. The second kappa shape index (κ2) is 7.39. The molecule has 2 aromatic carbocycles. The lowest BCUT2D eigenvalue weighted by atomic mass is 10.1. The summed E-state index contributed by atoms with van der Waals surface area (Å²) in [4.78, 5) is 0. The van der Waals surface area contributed by atoms with E-state index in [9.17, 15) is 0 Å². The number of rotatable bonds is 7. The smallest absolute Gasteiger partial charge is 0.127 e. The zero-order chi connectivity index (χ0) is 14.2. The molecule has 0 aliphatic rings. The van der Waals surface area contributed by atoms with Gasteiger partial charge in [-0.1, -0.05) is 24.3 Å². The van der Waals surface area contributed by atoms with Crippen LogP contribution in [-0.2, 0) is 0 Å². The molecule has 20 heavy (non-hydrogen) atoms. The maximum absolute atomic E-state index is 5.76. The first-order chi connectivity index (χ1) is 9.78. The Kier molecular flexibility index (Phi) is 5.24. The number of ether oxygens (including phenoxy) is 1. The van der Waals surface area contributed by atoms with E-state index in [4.69, 9.17) is 4.74 Å². The molecule has 0 bridgehead atoms. The summed E-state index contributed by atoms with van der Waals surface area (Å²) in [6, 6.07) is 18.3. The standard InChI is InChI=1S/C18H21NO/c1-3-4-8-15(2)19-16-11-13-18(14-12-16)20-17-9-6-5-7-10-17/h3,5-7,9-15,19H,1,4,8H2,2H3. The van der Waals surface area contributed by atoms with Crippen molar-refractivity contribution in [2.75, 3.05) is 5.32 Å². The van der Waals surface area contributed by atoms with Crippen LogP contribution in [0.15, 0.2) is 67.3 Å². The lowest BCUT2D eigenvalue weighted by Crippen LogP contribution is -2.14. The highest BCUT2D eigenvalue weighted by Crippen LogP contribution is 2.23. The van der Waals surface area contributed by atoms with Gasteiger partial charge in [-0.15, -0.1) is 6.58 Å². The fourth-order valence-corrected chi connectivity index (χ4v) is 1.97.